The first-order valence-corrected chi connectivity index (χ1v) is 7.12. The topological polar surface area (TPSA) is 9.23 Å². The Morgan fingerprint density at radius 3 is 2.83 bits per heavy atom. The highest BCUT2D eigenvalue weighted by Gasteiger charge is 2.38. The first-order chi connectivity index (χ1) is 8.77. The second-order valence-corrected chi connectivity index (χ2v) is 5.93. The highest BCUT2D eigenvalue weighted by atomic mass is 16.5. The summed E-state index contributed by atoms with van der Waals surface area (Å²) >= 11 is 0. The van der Waals surface area contributed by atoms with Gasteiger partial charge in [0.25, 0.3) is 0 Å². The van der Waals surface area contributed by atoms with E-state index in [1.807, 2.05) is 0 Å². The van der Waals surface area contributed by atoms with Crippen molar-refractivity contribution < 1.29 is 4.74 Å². The van der Waals surface area contributed by atoms with Crippen molar-refractivity contribution in [3.63, 3.8) is 0 Å². The van der Waals surface area contributed by atoms with Gasteiger partial charge in [0.05, 0.1) is 12.2 Å². The van der Waals surface area contributed by atoms with Gasteiger partial charge in [0, 0.05) is 0 Å². The molecule has 1 nitrogen and oxygen atoms in total. The molecule has 1 aromatic carbocycles. The van der Waals surface area contributed by atoms with E-state index in [-0.39, 0.29) is 5.60 Å². The molecule has 0 bridgehead atoms. The molecule has 1 aliphatic heterocycles. The second-order valence-electron chi connectivity index (χ2n) is 5.93. The van der Waals surface area contributed by atoms with Crippen LogP contribution in [0.25, 0.3) is 0 Å². The van der Waals surface area contributed by atoms with Gasteiger partial charge in [-0.1, -0.05) is 42.0 Å². The number of ether oxygens (including phenoxy) is 1. The summed E-state index contributed by atoms with van der Waals surface area (Å²) in [5, 5.41) is 0. The molecular weight excluding hydrogens is 220 g/mol. The van der Waals surface area contributed by atoms with Crippen LogP contribution in [0.3, 0.4) is 0 Å². The van der Waals surface area contributed by atoms with Gasteiger partial charge in [0.15, 0.2) is 0 Å². The Hall–Kier alpha value is -1.08. The van der Waals surface area contributed by atoms with E-state index >= 15 is 0 Å². The minimum atomic E-state index is 0.136. The quantitative estimate of drug-likeness (QED) is 0.661. The Morgan fingerprint density at radius 2 is 2.06 bits per heavy atom. The number of rotatable bonds is 1. The van der Waals surface area contributed by atoms with Crippen molar-refractivity contribution >= 4 is 0 Å². The third-order valence-corrected chi connectivity index (χ3v) is 4.50. The molecule has 1 aromatic rings. The van der Waals surface area contributed by atoms with Crippen molar-refractivity contribution in [1.29, 1.82) is 0 Å². The van der Waals surface area contributed by atoms with E-state index in [0.717, 1.165) is 13.0 Å². The molecule has 1 heterocycles. The van der Waals surface area contributed by atoms with Crippen molar-refractivity contribution in [2.75, 3.05) is 6.61 Å². The fraction of sp³-hybridized carbons (Fsp3) is 0.529. The van der Waals surface area contributed by atoms with Crippen LogP contribution in [-0.2, 0) is 4.74 Å². The van der Waals surface area contributed by atoms with Gasteiger partial charge in [-0.05, 0) is 50.5 Å². The molecule has 0 saturated heterocycles. The Morgan fingerprint density at radius 1 is 1.22 bits per heavy atom. The van der Waals surface area contributed by atoms with Crippen LogP contribution in [0.15, 0.2) is 42.0 Å². The fourth-order valence-corrected chi connectivity index (χ4v) is 3.62. The van der Waals surface area contributed by atoms with Gasteiger partial charge in [-0.15, -0.1) is 0 Å². The average Bonchev–Trinajstić information content (AvgIpc) is 2.39. The number of hydrogen-bond acceptors (Lipinski definition) is 1. The summed E-state index contributed by atoms with van der Waals surface area (Å²) in [5.74, 6) is 0.686. The third kappa shape index (κ3) is 2.37. The van der Waals surface area contributed by atoms with Crippen LogP contribution in [0.5, 0.6) is 0 Å². The smallest absolute Gasteiger partial charge is 0.0729 e. The summed E-state index contributed by atoms with van der Waals surface area (Å²) in [4.78, 5) is 0. The molecule has 96 valence electrons. The average molecular weight is 242 g/mol. The molecule has 2 aliphatic rings. The molecule has 3 rings (SSSR count). The zero-order valence-electron chi connectivity index (χ0n) is 11.2. The predicted molar refractivity (Wildman–Crippen MR) is 74.7 cm³/mol. The van der Waals surface area contributed by atoms with Gasteiger partial charge in [-0.3, -0.25) is 0 Å². The van der Waals surface area contributed by atoms with Gasteiger partial charge >= 0.3 is 0 Å². The van der Waals surface area contributed by atoms with Crippen LogP contribution < -0.4 is 0 Å². The lowest BCUT2D eigenvalue weighted by Crippen LogP contribution is -2.40. The standard InChI is InChI=1S/C17H22O/c1-14-9-11-18-17(12-14)10-5-8-16(13-17)15-6-3-2-4-7-15/h2-4,6-7,9,16H,5,8,10-13H2,1H3/t16-,17+/m0/s1. The molecule has 1 aliphatic carbocycles. The molecule has 1 saturated carbocycles. The summed E-state index contributed by atoms with van der Waals surface area (Å²) < 4.78 is 6.15. The lowest BCUT2D eigenvalue weighted by Gasteiger charge is -2.43. The summed E-state index contributed by atoms with van der Waals surface area (Å²) in [5.41, 5.74) is 3.14. The van der Waals surface area contributed by atoms with Crippen molar-refractivity contribution in [2.45, 2.75) is 50.5 Å². The molecule has 1 heteroatoms. The highest BCUT2D eigenvalue weighted by Crippen LogP contribution is 2.44. The lowest BCUT2D eigenvalue weighted by atomic mass is 9.72. The van der Waals surface area contributed by atoms with Gasteiger partial charge in [0.1, 0.15) is 0 Å². The Bertz CT molecular complexity index is 434. The summed E-state index contributed by atoms with van der Waals surface area (Å²) in [7, 11) is 0. The largest absolute Gasteiger partial charge is 0.371 e. The maximum absolute atomic E-state index is 6.15. The first kappa shape index (κ1) is 12.0. The monoisotopic (exact) mass is 242 g/mol. The van der Waals surface area contributed by atoms with Crippen molar-refractivity contribution in [3.05, 3.63) is 47.5 Å². The van der Waals surface area contributed by atoms with Crippen LogP contribution in [0.2, 0.25) is 0 Å². The van der Waals surface area contributed by atoms with E-state index in [0.29, 0.717) is 5.92 Å². The zero-order valence-corrected chi connectivity index (χ0v) is 11.2. The molecular formula is C17H22O. The van der Waals surface area contributed by atoms with Crippen LogP contribution >= 0.6 is 0 Å². The van der Waals surface area contributed by atoms with E-state index in [1.54, 1.807) is 0 Å². The Labute approximate surface area is 110 Å². The maximum atomic E-state index is 6.15. The zero-order chi connectivity index (χ0) is 12.4. The summed E-state index contributed by atoms with van der Waals surface area (Å²) in [6, 6.07) is 11.0. The summed E-state index contributed by atoms with van der Waals surface area (Å²) in [6.07, 6.45) is 8.42. The Balaban J connectivity index is 1.78. The second kappa shape index (κ2) is 4.89. The van der Waals surface area contributed by atoms with E-state index in [2.05, 4.69) is 43.3 Å². The van der Waals surface area contributed by atoms with Crippen LogP contribution in [0.4, 0.5) is 0 Å². The normalized spacial score (nSPS) is 32.3. The molecule has 2 atom stereocenters. The highest BCUT2D eigenvalue weighted by molar-refractivity contribution is 5.22. The molecule has 0 radical (unpaired) electrons. The van der Waals surface area contributed by atoms with Crippen LogP contribution in [-0.4, -0.2) is 12.2 Å². The number of hydrogen-bond donors (Lipinski definition) is 0. The van der Waals surface area contributed by atoms with Crippen molar-refractivity contribution in [2.24, 2.45) is 0 Å². The predicted octanol–water partition coefficient (Wildman–Crippen LogP) is 4.45. The van der Waals surface area contributed by atoms with E-state index < -0.39 is 0 Å². The maximum Gasteiger partial charge on any atom is 0.0729 e. The molecule has 0 amide bonds. The van der Waals surface area contributed by atoms with Gasteiger partial charge in [0.2, 0.25) is 0 Å². The summed E-state index contributed by atoms with van der Waals surface area (Å²) in [6.45, 7) is 3.06. The van der Waals surface area contributed by atoms with Crippen molar-refractivity contribution in [1.82, 2.24) is 0 Å². The fourth-order valence-electron chi connectivity index (χ4n) is 3.62. The van der Waals surface area contributed by atoms with Gasteiger partial charge in [-0.25, -0.2) is 0 Å². The minimum absolute atomic E-state index is 0.136. The van der Waals surface area contributed by atoms with Crippen molar-refractivity contribution in [3.8, 4) is 0 Å². The molecule has 0 N–H and O–H groups in total. The van der Waals surface area contributed by atoms with Crippen LogP contribution in [0.1, 0.15) is 50.5 Å². The molecule has 0 aromatic heterocycles. The lowest BCUT2D eigenvalue weighted by molar-refractivity contribution is -0.0697. The first-order valence-electron chi connectivity index (χ1n) is 7.12. The molecule has 0 unspecified atom stereocenters. The van der Waals surface area contributed by atoms with Gasteiger partial charge < -0.3 is 4.74 Å². The molecule has 1 fully saturated rings. The van der Waals surface area contributed by atoms with E-state index in [9.17, 15) is 0 Å². The Kier molecular flexibility index (Phi) is 3.25. The SMILES string of the molecule is CC1=CCO[C@]2(CCC[C@H](c3ccccc3)C2)C1. The molecule has 18 heavy (non-hydrogen) atoms. The minimum Gasteiger partial charge on any atom is -0.371 e. The van der Waals surface area contributed by atoms with Gasteiger partial charge in [-0.2, -0.15) is 0 Å². The van der Waals surface area contributed by atoms with E-state index in [1.165, 1.54) is 36.8 Å². The van der Waals surface area contributed by atoms with E-state index in [4.69, 9.17) is 4.74 Å². The van der Waals surface area contributed by atoms with Crippen LogP contribution in [0, 0.1) is 0 Å². The molecule has 1 spiro atoms. The number of benzene rings is 1. The third-order valence-electron chi connectivity index (χ3n) is 4.50.